The van der Waals surface area contributed by atoms with E-state index in [4.69, 9.17) is 0 Å². The Morgan fingerprint density at radius 3 is 2.24 bits per heavy atom. The molecule has 174 valence electrons. The highest BCUT2D eigenvalue weighted by atomic mass is 32.2. The molecule has 1 amide bonds. The summed E-state index contributed by atoms with van der Waals surface area (Å²) in [5.41, 5.74) is 2.58. The molecule has 5 rings (SSSR count). The molecule has 0 aliphatic carbocycles. The van der Waals surface area contributed by atoms with Gasteiger partial charge in [-0.1, -0.05) is 79.3 Å². The van der Waals surface area contributed by atoms with Crippen molar-refractivity contribution in [1.29, 1.82) is 0 Å². The van der Waals surface area contributed by atoms with Gasteiger partial charge in [0.05, 0.1) is 11.8 Å². The number of carbonyl (C=O) groups is 1. The zero-order valence-electron chi connectivity index (χ0n) is 19.3. The van der Waals surface area contributed by atoms with Crippen LogP contribution in [0.2, 0.25) is 0 Å². The summed E-state index contributed by atoms with van der Waals surface area (Å²) in [6.45, 7) is 5.34. The minimum atomic E-state index is 0.179. The molecule has 4 aromatic rings. The molecular formula is C27H28N4OS2. The van der Waals surface area contributed by atoms with Crippen molar-refractivity contribution in [3.05, 3.63) is 89.1 Å². The third kappa shape index (κ3) is 5.02. The van der Waals surface area contributed by atoms with Gasteiger partial charge in [0.15, 0.2) is 0 Å². The lowest BCUT2D eigenvalue weighted by atomic mass is 9.96. The van der Waals surface area contributed by atoms with Crippen LogP contribution in [0.15, 0.2) is 78.1 Å². The van der Waals surface area contributed by atoms with Gasteiger partial charge in [0, 0.05) is 36.4 Å². The van der Waals surface area contributed by atoms with E-state index in [-0.39, 0.29) is 11.9 Å². The first-order valence-electron chi connectivity index (χ1n) is 11.7. The van der Waals surface area contributed by atoms with Gasteiger partial charge in [-0.3, -0.25) is 9.69 Å². The van der Waals surface area contributed by atoms with Gasteiger partial charge in [-0.05, 0) is 23.6 Å². The summed E-state index contributed by atoms with van der Waals surface area (Å²) in [6, 6.07) is 23.7. The largest absolute Gasteiger partial charge is 0.339 e. The fourth-order valence-electron chi connectivity index (χ4n) is 4.51. The van der Waals surface area contributed by atoms with Crippen LogP contribution in [0, 0.1) is 0 Å². The van der Waals surface area contributed by atoms with Gasteiger partial charge >= 0.3 is 0 Å². The third-order valence-corrected chi connectivity index (χ3v) is 8.46. The molecule has 0 bridgehead atoms. The quantitative estimate of drug-likeness (QED) is 0.262. The molecule has 0 saturated carbocycles. The average Bonchev–Trinajstić information content (AvgIpc) is 3.33. The fourth-order valence-corrected chi connectivity index (χ4v) is 6.38. The van der Waals surface area contributed by atoms with Crippen LogP contribution >= 0.6 is 23.1 Å². The Labute approximate surface area is 208 Å². The van der Waals surface area contributed by atoms with Gasteiger partial charge in [0.1, 0.15) is 16.2 Å². The molecule has 0 N–H and O–H groups in total. The standard InChI is InChI=1S/C27H28N4OS2/c1-2-22-17-23-26(28-19-29-27(23)34-22)33-18-24(32)30-13-15-31(16-14-30)25(20-9-5-3-6-10-20)21-11-7-4-8-12-21/h3-12,17,19,25H,2,13-16,18H2,1H3. The molecule has 3 heterocycles. The molecule has 0 unspecified atom stereocenters. The number of hydrogen-bond acceptors (Lipinski definition) is 6. The van der Waals surface area contributed by atoms with Gasteiger partial charge in [0.25, 0.3) is 0 Å². The van der Waals surface area contributed by atoms with Crippen molar-refractivity contribution >= 4 is 39.2 Å². The number of hydrogen-bond donors (Lipinski definition) is 0. The van der Waals surface area contributed by atoms with Crippen molar-refractivity contribution in [2.75, 3.05) is 31.9 Å². The number of nitrogens with zero attached hydrogens (tertiary/aromatic N) is 4. The van der Waals surface area contributed by atoms with E-state index in [0.29, 0.717) is 5.75 Å². The predicted molar refractivity (Wildman–Crippen MR) is 140 cm³/mol. The van der Waals surface area contributed by atoms with E-state index in [0.717, 1.165) is 47.8 Å². The van der Waals surface area contributed by atoms with Gasteiger partial charge in [-0.25, -0.2) is 9.97 Å². The van der Waals surface area contributed by atoms with E-state index in [1.807, 2.05) is 4.90 Å². The topological polar surface area (TPSA) is 49.3 Å². The Hall–Kier alpha value is -2.74. The molecular weight excluding hydrogens is 460 g/mol. The second kappa shape index (κ2) is 10.7. The summed E-state index contributed by atoms with van der Waals surface area (Å²) >= 11 is 3.23. The molecule has 34 heavy (non-hydrogen) atoms. The second-order valence-electron chi connectivity index (χ2n) is 8.39. The van der Waals surface area contributed by atoms with Gasteiger partial charge in [0.2, 0.25) is 5.91 Å². The Kier molecular flexibility index (Phi) is 7.23. The van der Waals surface area contributed by atoms with Crippen LogP contribution < -0.4 is 0 Å². The van der Waals surface area contributed by atoms with E-state index in [1.54, 1.807) is 17.7 Å². The van der Waals surface area contributed by atoms with E-state index in [9.17, 15) is 4.79 Å². The van der Waals surface area contributed by atoms with Crippen LogP contribution in [0.3, 0.4) is 0 Å². The van der Waals surface area contributed by atoms with Crippen LogP contribution in [0.25, 0.3) is 10.2 Å². The van der Waals surface area contributed by atoms with Crippen molar-refractivity contribution in [2.24, 2.45) is 0 Å². The number of aryl methyl sites for hydroxylation is 1. The lowest BCUT2D eigenvalue weighted by Gasteiger charge is -2.39. The Morgan fingerprint density at radius 2 is 1.62 bits per heavy atom. The lowest BCUT2D eigenvalue weighted by molar-refractivity contribution is -0.130. The summed E-state index contributed by atoms with van der Waals surface area (Å²) in [6.07, 6.45) is 2.60. The zero-order chi connectivity index (χ0) is 23.3. The van der Waals surface area contributed by atoms with Crippen molar-refractivity contribution in [3.8, 4) is 0 Å². The highest BCUT2D eigenvalue weighted by Crippen LogP contribution is 2.32. The van der Waals surface area contributed by atoms with Crippen LogP contribution in [0.5, 0.6) is 0 Å². The number of rotatable bonds is 7. The van der Waals surface area contributed by atoms with Crippen LogP contribution in [-0.2, 0) is 11.2 Å². The minimum Gasteiger partial charge on any atom is -0.339 e. The van der Waals surface area contributed by atoms with Crippen molar-refractivity contribution in [1.82, 2.24) is 19.8 Å². The van der Waals surface area contributed by atoms with E-state index < -0.39 is 0 Å². The van der Waals surface area contributed by atoms with Gasteiger partial charge < -0.3 is 4.90 Å². The molecule has 1 aliphatic rings. The first-order valence-corrected chi connectivity index (χ1v) is 13.5. The maximum Gasteiger partial charge on any atom is 0.233 e. The van der Waals surface area contributed by atoms with E-state index in [2.05, 4.69) is 88.5 Å². The first-order chi connectivity index (χ1) is 16.7. The van der Waals surface area contributed by atoms with Crippen LogP contribution in [-0.4, -0.2) is 57.6 Å². The SMILES string of the molecule is CCc1cc2c(SCC(=O)N3CCN(C(c4ccccc4)c4ccccc4)CC3)ncnc2s1. The van der Waals surface area contributed by atoms with Crippen LogP contribution in [0.1, 0.15) is 29.0 Å². The number of carbonyl (C=O) groups excluding carboxylic acids is 1. The summed E-state index contributed by atoms with van der Waals surface area (Å²) in [7, 11) is 0. The first kappa shape index (κ1) is 23.0. The molecule has 1 fully saturated rings. The van der Waals surface area contributed by atoms with E-state index >= 15 is 0 Å². The Morgan fingerprint density at radius 1 is 0.971 bits per heavy atom. The summed E-state index contributed by atoms with van der Waals surface area (Å²) < 4.78 is 0. The summed E-state index contributed by atoms with van der Waals surface area (Å²) in [4.78, 5) is 28.7. The summed E-state index contributed by atoms with van der Waals surface area (Å²) in [5, 5.41) is 1.97. The average molecular weight is 489 g/mol. The number of fused-ring (bicyclic) bond motifs is 1. The van der Waals surface area contributed by atoms with Crippen molar-refractivity contribution < 1.29 is 4.79 Å². The molecule has 0 spiro atoms. The monoisotopic (exact) mass is 488 g/mol. The fraction of sp³-hybridized carbons (Fsp3) is 0.296. The summed E-state index contributed by atoms with van der Waals surface area (Å²) in [5.74, 6) is 0.586. The number of amides is 1. The molecule has 0 atom stereocenters. The zero-order valence-corrected chi connectivity index (χ0v) is 20.9. The maximum absolute atomic E-state index is 13.0. The second-order valence-corrected chi connectivity index (χ2v) is 10.5. The normalized spacial score (nSPS) is 14.7. The lowest BCUT2D eigenvalue weighted by Crippen LogP contribution is -2.50. The molecule has 7 heteroatoms. The van der Waals surface area contributed by atoms with Crippen LogP contribution in [0.4, 0.5) is 0 Å². The number of thiophene rings is 1. The van der Waals surface area contributed by atoms with Crippen molar-refractivity contribution in [3.63, 3.8) is 0 Å². The smallest absolute Gasteiger partial charge is 0.233 e. The molecule has 1 aliphatic heterocycles. The third-order valence-electron chi connectivity index (χ3n) is 6.29. The molecule has 0 radical (unpaired) electrons. The van der Waals surface area contributed by atoms with E-state index in [1.165, 1.54) is 27.8 Å². The van der Waals surface area contributed by atoms with Gasteiger partial charge in [-0.15, -0.1) is 11.3 Å². The molecule has 2 aromatic heterocycles. The molecule has 2 aromatic carbocycles. The highest BCUT2D eigenvalue weighted by molar-refractivity contribution is 8.00. The highest BCUT2D eigenvalue weighted by Gasteiger charge is 2.28. The minimum absolute atomic E-state index is 0.179. The Bertz CT molecular complexity index is 1200. The van der Waals surface area contributed by atoms with Crippen molar-refractivity contribution in [2.45, 2.75) is 24.4 Å². The Balaban J connectivity index is 1.23. The molecule has 5 nitrogen and oxygen atoms in total. The molecule has 1 saturated heterocycles. The number of thioether (sulfide) groups is 1. The number of benzene rings is 2. The maximum atomic E-state index is 13.0. The number of piperazine rings is 1. The predicted octanol–water partition coefficient (Wildman–Crippen LogP) is 5.28. The van der Waals surface area contributed by atoms with Gasteiger partial charge in [-0.2, -0.15) is 0 Å². The number of aromatic nitrogens is 2.